The molecular formula is C7H15N2O. The summed E-state index contributed by atoms with van der Waals surface area (Å²) in [7, 11) is 2.08. The molecule has 0 aromatic carbocycles. The second kappa shape index (κ2) is 3.91. The minimum atomic E-state index is 0.0523. The van der Waals surface area contributed by atoms with Gasteiger partial charge in [0.1, 0.15) is 0 Å². The lowest BCUT2D eigenvalue weighted by Crippen LogP contribution is -2.49. The van der Waals surface area contributed by atoms with Crippen LogP contribution in [0.25, 0.3) is 0 Å². The number of likely N-dealkylation sites (N-methyl/N-ethyl adjacent to an activating group) is 1. The van der Waals surface area contributed by atoms with Crippen molar-refractivity contribution in [1.29, 1.82) is 0 Å². The third-order valence-corrected chi connectivity index (χ3v) is 2.10. The van der Waals surface area contributed by atoms with Crippen LogP contribution in [0.4, 0.5) is 0 Å². The standard InChI is InChI=1S/C7H15N2O/c1-9-4-3-8-6-7(9)2-5-10/h7-8H,2-6H2,1H3. The van der Waals surface area contributed by atoms with E-state index in [-0.39, 0.29) is 6.61 Å². The van der Waals surface area contributed by atoms with Crippen molar-refractivity contribution in [2.24, 2.45) is 0 Å². The van der Waals surface area contributed by atoms with Gasteiger partial charge in [-0.2, -0.15) is 0 Å². The molecule has 59 valence electrons. The average Bonchev–Trinajstić information content (AvgIpc) is 1.94. The van der Waals surface area contributed by atoms with Gasteiger partial charge in [0.2, 0.25) is 0 Å². The van der Waals surface area contributed by atoms with Crippen LogP contribution in [0.1, 0.15) is 6.42 Å². The molecule has 0 amide bonds. The first-order valence-corrected chi connectivity index (χ1v) is 3.83. The SMILES string of the molecule is CN1CCNCC1CC[O]. The van der Waals surface area contributed by atoms with Gasteiger partial charge >= 0.3 is 0 Å². The van der Waals surface area contributed by atoms with E-state index >= 15 is 0 Å². The average molecular weight is 143 g/mol. The van der Waals surface area contributed by atoms with Crippen molar-refractivity contribution in [3.8, 4) is 0 Å². The monoisotopic (exact) mass is 143 g/mol. The van der Waals surface area contributed by atoms with Crippen molar-refractivity contribution in [1.82, 2.24) is 10.2 Å². The Kier molecular flexibility index (Phi) is 3.12. The van der Waals surface area contributed by atoms with Gasteiger partial charge in [0.15, 0.2) is 0 Å². The lowest BCUT2D eigenvalue weighted by Gasteiger charge is -2.32. The van der Waals surface area contributed by atoms with E-state index in [4.69, 9.17) is 0 Å². The molecular weight excluding hydrogens is 128 g/mol. The second-order valence-electron chi connectivity index (χ2n) is 2.83. The van der Waals surface area contributed by atoms with E-state index in [0.29, 0.717) is 6.04 Å². The first-order valence-electron chi connectivity index (χ1n) is 3.83. The number of hydrogen-bond acceptors (Lipinski definition) is 2. The van der Waals surface area contributed by atoms with Crippen LogP contribution in [-0.2, 0) is 5.11 Å². The fourth-order valence-electron chi connectivity index (χ4n) is 1.32. The summed E-state index contributed by atoms with van der Waals surface area (Å²) in [5, 5.41) is 13.6. The Bertz CT molecular complexity index is 95.6. The van der Waals surface area contributed by atoms with Crippen LogP contribution in [0.3, 0.4) is 0 Å². The number of rotatable bonds is 2. The van der Waals surface area contributed by atoms with E-state index in [1.54, 1.807) is 0 Å². The molecule has 3 heteroatoms. The summed E-state index contributed by atoms with van der Waals surface area (Å²) >= 11 is 0. The van der Waals surface area contributed by atoms with Gasteiger partial charge in [-0.25, -0.2) is 5.11 Å². The highest BCUT2D eigenvalue weighted by Gasteiger charge is 2.17. The minimum absolute atomic E-state index is 0.0523. The van der Waals surface area contributed by atoms with Crippen molar-refractivity contribution in [3.05, 3.63) is 0 Å². The predicted octanol–water partition coefficient (Wildman–Crippen LogP) is -0.289. The summed E-state index contributed by atoms with van der Waals surface area (Å²) in [6, 6.07) is 0.478. The normalized spacial score (nSPS) is 28.8. The Morgan fingerprint density at radius 3 is 3.10 bits per heavy atom. The molecule has 1 radical (unpaired) electrons. The Labute approximate surface area is 62.0 Å². The molecule has 1 unspecified atom stereocenters. The molecule has 1 aliphatic rings. The first kappa shape index (κ1) is 7.98. The maximum Gasteiger partial charge on any atom is 0.0837 e. The third-order valence-electron chi connectivity index (χ3n) is 2.10. The Morgan fingerprint density at radius 1 is 1.70 bits per heavy atom. The maximum absolute atomic E-state index is 10.3. The Morgan fingerprint density at radius 2 is 2.50 bits per heavy atom. The smallest absolute Gasteiger partial charge is 0.0837 e. The van der Waals surface area contributed by atoms with Gasteiger partial charge in [-0.15, -0.1) is 0 Å². The van der Waals surface area contributed by atoms with E-state index < -0.39 is 0 Å². The van der Waals surface area contributed by atoms with Crippen molar-refractivity contribution in [3.63, 3.8) is 0 Å². The van der Waals surface area contributed by atoms with Gasteiger partial charge in [0.25, 0.3) is 0 Å². The van der Waals surface area contributed by atoms with Crippen LogP contribution in [0, 0.1) is 0 Å². The van der Waals surface area contributed by atoms with Crippen LogP contribution in [0.15, 0.2) is 0 Å². The topological polar surface area (TPSA) is 35.2 Å². The van der Waals surface area contributed by atoms with Gasteiger partial charge in [-0.1, -0.05) is 0 Å². The largest absolute Gasteiger partial charge is 0.314 e. The highest BCUT2D eigenvalue weighted by Crippen LogP contribution is 2.02. The van der Waals surface area contributed by atoms with Crippen molar-refractivity contribution >= 4 is 0 Å². The number of nitrogens with one attached hydrogen (secondary N) is 1. The molecule has 1 aliphatic heterocycles. The van der Waals surface area contributed by atoms with Crippen LogP contribution < -0.4 is 5.32 Å². The molecule has 1 saturated heterocycles. The van der Waals surface area contributed by atoms with E-state index in [9.17, 15) is 5.11 Å². The molecule has 0 bridgehead atoms. The lowest BCUT2D eigenvalue weighted by atomic mass is 10.1. The van der Waals surface area contributed by atoms with Crippen molar-refractivity contribution < 1.29 is 5.11 Å². The van der Waals surface area contributed by atoms with Crippen molar-refractivity contribution in [2.45, 2.75) is 12.5 Å². The van der Waals surface area contributed by atoms with E-state index in [1.165, 1.54) is 0 Å². The molecule has 1 fully saturated rings. The summed E-state index contributed by atoms with van der Waals surface area (Å²) in [6.07, 6.45) is 0.781. The van der Waals surface area contributed by atoms with E-state index in [2.05, 4.69) is 17.3 Å². The Hall–Kier alpha value is -0.120. The zero-order valence-electron chi connectivity index (χ0n) is 6.47. The zero-order valence-corrected chi connectivity index (χ0v) is 6.47. The lowest BCUT2D eigenvalue weighted by molar-refractivity contribution is 0.125. The van der Waals surface area contributed by atoms with E-state index in [0.717, 1.165) is 26.1 Å². The molecule has 3 nitrogen and oxygen atoms in total. The minimum Gasteiger partial charge on any atom is -0.314 e. The second-order valence-corrected chi connectivity index (χ2v) is 2.83. The molecule has 0 spiro atoms. The first-order chi connectivity index (χ1) is 4.84. The number of nitrogens with zero attached hydrogens (tertiary/aromatic N) is 1. The molecule has 0 aliphatic carbocycles. The summed E-state index contributed by atoms with van der Waals surface area (Å²) < 4.78 is 0. The Balaban J connectivity index is 2.25. The summed E-state index contributed by atoms with van der Waals surface area (Å²) in [5.41, 5.74) is 0. The molecule has 1 N–H and O–H groups in total. The molecule has 1 heterocycles. The maximum atomic E-state index is 10.3. The highest BCUT2D eigenvalue weighted by atomic mass is 16.3. The predicted molar refractivity (Wildman–Crippen MR) is 39.5 cm³/mol. The summed E-state index contributed by atoms with van der Waals surface area (Å²) in [6.45, 7) is 3.17. The molecule has 10 heavy (non-hydrogen) atoms. The summed E-state index contributed by atoms with van der Waals surface area (Å²) in [4.78, 5) is 2.26. The fourth-order valence-corrected chi connectivity index (χ4v) is 1.32. The molecule has 0 saturated carbocycles. The fraction of sp³-hybridized carbons (Fsp3) is 1.00. The third kappa shape index (κ3) is 1.94. The zero-order chi connectivity index (χ0) is 7.40. The number of piperazine rings is 1. The van der Waals surface area contributed by atoms with Gasteiger partial charge in [-0.3, -0.25) is 0 Å². The van der Waals surface area contributed by atoms with Crippen molar-refractivity contribution in [2.75, 3.05) is 33.3 Å². The van der Waals surface area contributed by atoms with Gasteiger partial charge in [0.05, 0.1) is 6.61 Å². The van der Waals surface area contributed by atoms with Gasteiger partial charge < -0.3 is 10.2 Å². The van der Waals surface area contributed by atoms with Crippen LogP contribution >= 0.6 is 0 Å². The highest BCUT2D eigenvalue weighted by molar-refractivity contribution is 4.76. The van der Waals surface area contributed by atoms with Crippen LogP contribution in [-0.4, -0.2) is 44.2 Å². The van der Waals surface area contributed by atoms with Crippen LogP contribution in [0.5, 0.6) is 0 Å². The van der Waals surface area contributed by atoms with Gasteiger partial charge in [0, 0.05) is 25.7 Å². The molecule has 0 aromatic heterocycles. The number of hydrogen-bond donors (Lipinski definition) is 1. The van der Waals surface area contributed by atoms with E-state index in [1.807, 2.05) is 0 Å². The molecule has 1 rings (SSSR count). The molecule has 0 aromatic rings. The summed E-state index contributed by atoms with van der Waals surface area (Å²) in [5.74, 6) is 0. The van der Waals surface area contributed by atoms with Gasteiger partial charge in [-0.05, 0) is 13.5 Å². The molecule has 1 atom stereocenters. The van der Waals surface area contributed by atoms with Crippen LogP contribution in [0.2, 0.25) is 0 Å². The quantitative estimate of drug-likeness (QED) is 0.576.